The van der Waals surface area contributed by atoms with Crippen LogP contribution >= 0.6 is 0 Å². The van der Waals surface area contributed by atoms with Crippen LogP contribution in [-0.2, 0) is 35.1 Å². The monoisotopic (exact) mass is 680 g/mol. The van der Waals surface area contributed by atoms with Crippen molar-refractivity contribution in [3.8, 4) is 0 Å². The predicted octanol–water partition coefficient (Wildman–Crippen LogP) is 5.49. The van der Waals surface area contributed by atoms with Crippen molar-refractivity contribution < 1.29 is 49.0 Å². The molecule has 2 saturated carbocycles. The zero-order valence-electron chi connectivity index (χ0n) is 27.0. The van der Waals surface area contributed by atoms with Gasteiger partial charge in [-0.05, 0) is 10.8 Å². The Labute approximate surface area is 284 Å². The van der Waals surface area contributed by atoms with Crippen LogP contribution in [0.2, 0.25) is 0 Å². The summed E-state index contributed by atoms with van der Waals surface area (Å²) in [6.07, 6.45) is 25.2. The van der Waals surface area contributed by atoms with Crippen LogP contribution < -0.4 is 24.8 Å². The maximum absolute atomic E-state index is 2.99. The van der Waals surface area contributed by atoms with Crippen LogP contribution in [-0.4, -0.2) is 3.21 Å². The van der Waals surface area contributed by atoms with Crippen molar-refractivity contribution in [2.45, 2.75) is 123 Å². The van der Waals surface area contributed by atoms with Crippen LogP contribution in [0, 0.1) is 17.9 Å². The van der Waals surface area contributed by atoms with Crippen molar-refractivity contribution in [3.05, 3.63) is 77.9 Å². The molecule has 0 aliphatic heterocycles. The molecule has 6 rings (SSSR count). The van der Waals surface area contributed by atoms with Gasteiger partial charge in [0.15, 0.2) is 0 Å². The Bertz CT molecular complexity index is 1220. The Hall–Kier alpha value is -0.877. The number of benzene rings is 2. The molecule has 0 amide bonds. The molecule has 228 valence electrons. The average molecular weight is 683 g/mol. The van der Waals surface area contributed by atoms with Crippen LogP contribution in [0.5, 0.6) is 0 Å². The summed E-state index contributed by atoms with van der Waals surface area (Å²) >= 11 is 1.74. The molecule has 0 saturated heterocycles. The third kappa shape index (κ3) is 10.9. The average Bonchev–Trinajstić information content (AvgIpc) is 3.71. The molecule has 0 spiro atoms. The number of rotatable bonds is 4. The predicted molar refractivity (Wildman–Crippen MR) is 174 cm³/mol. The Morgan fingerprint density at radius 2 is 1.17 bits per heavy atom. The zero-order valence-corrected chi connectivity index (χ0v) is 30.9. The molecule has 0 N–H and O–H groups in total. The van der Waals surface area contributed by atoms with Crippen molar-refractivity contribution in [2.75, 3.05) is 0 Å². The van der Waals surface area contributed by atoms with E-state index in [2.05, 4.69) is 96.2 Å². The molecular weight excluding hydrogens is 631 g/mol. The van der Waals surface area contributed by atoms with Gasteiger partial charge < -0.3 is 24.8 Å². The molecule has 3 heteroatoms. The zero-order chi connectivity index (χ0) is 28.8. The molecule has 0 nitrogen and oxygen atoms in total. The Morgan fingerprint density at radius 1 is 0.738 bits per heavy atom. The minimum atomic E-state index is 0. The van der Waals surface area contributed by atoms with Crippen LogP contribution in [0.4, 0.5) is 0 Å². The fourth-order valence-corrected chi connectivity index (χ4v) is 7.90. The normalized spacial score (nSPS) is 17.0. The van der Waals surface area contributed by atoms with Crippen molar-refractivity contribution in [1.82, 2.24) is 0 Å². The van der Waals surface area contributed by atoms with Gasteiger partial charge in [-0.2, -0.15) is 6.08 Å². The molecule has 3 aliphatic rings. The Morgan fingerprint density at radius 3 is 1.48 bits per heavy atom. The first-order chi connectivity index (χ1) is 19.0. The third-order valence-corrected chi connectivity index (χ3v) is 10.0. The first kappa shape index (κ1) is 37.3. The molecule has 42 heavy (non-hydrogen) atoms. The topological polar surface area (TPSA) is 0 Å². The van der Waals surface area contributed by atoms with E-state index in [-0.39, 0.29) is 35.6 Å². The number of halogens is 2. The fourth-order valence-electron chi connectivity index (χ4n) is 6.48. The van der Waals surface area contributed by atoms with E-state index in [1.807, 2.05) is 15.4 Å². The van der Waals surface area contributed by atoms with E-state index in [4.69, 9.17) is 0 Å². The summed E-state index contributed by atoms with van der Waals surface area (Å²) in [7, 11) is 0. The first-order valence-electron chi connectivity index (χ1n) is 15.9. The van der Waals surface area contributed by atoms with Gasteiger partial charge >= 0.3 is 103 Å². The van der Waals surface area contributed by atoms with Crippen molar-refractivity contribution >= 4 is 24.8 Å². The Balaban J connectivity index is 0.000000253. The van der Waals surface area contributed by atoms with Gasteiger partial charge in [0, 0.05) is 0 Å². The maximum atomic E-state index is 2.99. The van der Waals surface area contributed by atoms with E-state index in [0.29, 0.717) is 0 Å². The molecule has 3 aromatic carbocycles. The summed E-state index contributed by atoms with van der Waals surface area (Å²) in [4.78, 5) is 0. The van der Waals surface area contributed by atoms with E-state index in [9.17, 15) is 0 Å². The standard InChI is InChI=1S/C21H25.C13H22.C5H5.2ClH.Zr/c1-20(2,3)16-9-7-14-11-15-8-10-17(21(4,5)6)13-19(15)18(14)12-16;1-2-7-12(6-1)10-5-11-13-8-3-4-9-13;1-2-4-5-3-1;;;/h7-13H,1-6H3;12-13H,1-4,6-11H2;1-3H,4H2;2*1H;/q-1;;-1;;;+2/p-2. The first-order valence-corrected chi connectivity index (χ1v) is 17.2. The van der Waals surface area contributed by atoms with Crippen molar-refractivity contribution in [1.29, 1.82) is 0 Å². The van der Waals surface area contributed by atoms with E-state index in [1.165, 1.54) is 96.9 Å². The SMILES string of the molecule is CC(C)(C)c1ccc2[cH-]c3ccc(C(C)(C)C)cc3c2c1.[C-]1=CC=CC1.[Cl-].[Cl-].[Zr+2]=[C](CC1CCCC1)CC1CCCC1. The summed E-state index contributed by atoms with van der Waals surface area (Å²) in [6.45, 7) is 13.7. The van der Waals surface area contributed by atoms with Gasteiger partial charge in [0.25, 0.3) is 0 Å². The second-order valence-corrected chi connectivity index (χ2v) is 16.3. The quantitative estimate of drug-likeness (QED) is 0.320. The van der Waals surface area contributed by atoms with E-state index in [1.54, 1.807) is 24.2 Å². The minimum absolute atomic E-state index is 0. The summed E-state index contributed by atoms with van der Waals surface area (Å²) < 4.78 is 1.90. The van der Waals surface area contributed by atoms with Crippen LogP contribution in [0.15, 0.2) is 60.7 Å². The fraction of sp³-hybridized carbons (Fsp3) is 0.538. The molecular formula is C39H52Cl2Zr-2. The molecule has 0 unspecified atom stereocenters. The van der Waals surface area contributed by atoms with E-state index >= 15 is 0 Å². The molecule has 0 bridgehead atoms. The summed E-state index contributed by atoms with van der Waals surface area (Å²) in [6, 6.07) is 16.1. The molecule has 0 radical (unpaired) electrons. The van der Waals surface area contributed by atoms with Gasteiger partial charge in [-0.15, -0.1) is 46.2 Å². The van der Waals surface area contributed by atoms with Crippen LogP contribution in [0.3, 0.4) is 0 Å². The van der Waals surface area contributed by atoms with Gasteiger partial charge in [0.05, 0.1) is 0 Å². The molecule has 0 heterocycles. The number of hydrogen-bond acceptors (Lipinski definition) is 0. The van der Waals surface area contributed by atoms with Gasteiger partial charge in [-0.25, -0.2) is 12.2 Å². The number of fused-ring (bicyclic) bond motifs is 3. The Kier molecular flexibility index (Phi) is 15.1. The summed E-state index contributed by atoms with van der Waals surface area (Å²) in [5.41, 5.74) is 3.20. The number of hydrogen-bond donors (Lipinski definition) is 0. The van der Waals surface area contributed by atoms with Gasteiger partial charge in [0.1, 0.15) is 0 Å². The molecule has 0 aromatic heterocycles. The van der Waals surface area contributed by atoms with Gasteiger partial charge in [-0.3, -0.25) is 6.08 Å². The van der Waals surface area contributed by atoms with Crippen molar-refractivity contribution in [2.24, 2.45) is 11.8 Å². The molecule has 0 atom stereocenters. The van der Waals surface area contributed by atoms with Crippen LogP contribution in [0.25, 0.3) is 21.5 Å². The van der Waals surface area contributed by atoms with Crippen LogP contribution in [0.1, 0.15) is 123 Å². The second kappa shape index (κ2) is 17.0. The summed E-state index contributed by atoms with van der Waals surface area (Å²) in [5, 5.41) is 5.49. The van der Waals surface area contributed by atoms with Gasteiger partial charge in [-0.1, -0.05) is 76.9 Å². The summed E-state index contributed by atoms with van der Waals surface area (Å²) in [5.74, 6) is 2.18. The van der Waals surface area contributed by atoms with E-state index < -0.39 is 0 Å². The van der Waals surface area contributed by atoms with Gasteiger partial charge in [0.2, 0.25) is 0 Å². The molecule has 2 fully saturated rings. The second-order valence-electron chi connectivity index (χ2n) is 14.6. The van der Waals surface area contributed by atoms with E-state index in [0.717, 1.165) is 18.3 Å². The third-order valence-electron chi connectivity index (χ3n) is 9.05. The molecule has 3 aliphatic carbocycles. The van der Waals surface area contributed by atoms with Crippen molar-refractivity contribution in [3.63, 3.8) is 0 Å². The number of allylic oxidation sites excluding steroid dienone is 4. The molecule has 3 aromatic rings.